The van der Waals surface area contributed by atoms with Crippen LogP contribution in [-0.4, -0.2) is 44.3 Å². The Balaban J connectivity index is 1.82. The molecule has 1 unspecified atom stereocenters. The third-order valence-corrected chi connectivity index (χ3v) is 3.93. The number of hydrogen-bond acceptors (Lipinski definition) is 4. The summed E-state index contributed by atoms with van der Waals surface area (Å²) in [7, 11) is 0. The fourth-order valence-corrected chi connectivity index (χ4v) is 2.97. The quantitative estimate of drug-likeness (QED) is 0.901. The standard InChI is InChI=1S/C15H22N2O2/c1-2-13(17-7-5-16-6-8-17)12-3-4-14-15(11-12)19-10-9-18-14/h3-4,11,13,16H,2,5-10H2,1H3. The Morgan fingerprint density at radius 1 is 1.16 bits per heavy atom. The van der Waals surface area contributed by atoms with Gasteiger partial charge in [0.2, 0.25) is 0 Å². The van der Waals surface area contributed by atoms with E-state index < -0.39 is 0 Å². The van der Waals surface area contributed by atoms with E-state index in [1.807, 2.05) is 0 Å². The van der Waals surface area contributed by atoms with Crippen LogP contribution in [0.25, 0.3) is 0 Å². The SMILES string of the molecule is CCC(c1ccc2c(c1)OCCO2)N1CCNCC1. The number of piperazine rings is 1. The number of hydrogen-bond donors (Lipinski definition) is 1. The van der Waals surface area contributed by atoms with E-state index in [4.69, 9.17) is 9.47 Å². The van der Waals surface area contributed by atoms with Gasteiger partial charge in [0.25, 0.3) is 0 Å². The molecular formula is C15H22N2O2. The molecule has 1 fully saturated rings. The van der Waals surface area contributed by atoms with Crippen LogP contribution in [0.3, 0.4) is 0 Å². The Hall–Kier alpha value is -1.26. The maximum Gasteiger partial charge on any atom is 0.161 e. The second-order valence-corrected chi connectivity index (χ2v) is 5.11. The molecule has 1 N–H and O–H groups in total. The van der Waals surface area contributed by atoms with E-state index in [9.17, 15) is 0 Å². The molecule has 2 heterocycles. The van der Waals surface area contributed by atoms with Gasteiger partial charge < -0.3 is 14.8 Å². The highest BCUT2D eigenvalue weighted by molar-refractivity contribution is 5.44. The second kappa shape index (κ2) is 5.80. The molecule has 2 aliphatic heterocycles. The summed E-state index contributed by atoms with van der Waals surface area (Å²) < 4.78 is 11.3. The molecule has 0 spiro atoms. The smallest absolute Gasteiger partial charge is 0.161 e. The third-order valence-electron chi connectivity index (χ3n) is 3.93. The molecule has 0 saturated carbocycles. The summed E-state index contributed by atoms with van der Waals surface area (Å²) in [6, 6.07) is 6.88. The third kappa shape index (κ3) is 2.69. The van der Waals surface area contributed by atoms with Gasteiger partial charge in [-0.05, 0) is 24.1 Å². The summed E-state index contributed by atoms with van der Waals surface area (Å²) in [5.74, 6) is 1.78. The van der Waals surface area contributed by atoms with E-state index in [1.165, 1.54) is 5.56 Å². The van der Waals surface area contributed by atoms with E-state index in [-0.39, 0.29) is 0 Å². The van der Waals surface area contributed by atoms with Crippen molar-refractivity contribution in [3.8, 4) is 11.5 Å². The molecule has 1 aromatic carbocycles. The fourth-order valence-electron chi connectivity index (χ4n) is 2.97. The van der Waals surface area contributed by atoms with Crippen LogP contribution < -0.4 is 14.8 Å². The van der Waals surface area contributed by atoms with Crippen LogP contribution in [0.4, 0.5) is 0 Å². The molecule has 0 radical (unpaired) electrons. The number of benzene rings is 1. The lowest BCUT2D eigenvalue weighted by Crippen LogP contribution is -2.45. The van der Waals surface area contributed by atoms with Gasteiger partial charge in [-0.15, -0.1) is 0 Å². The molecule has 104 valence electrons. The first-order valence-electron chi connectivity index (χ1n) is 7.23. The molecular weight excluding hydrogens is 240 g/mol. The Bertz CT molecular complexity index is 430. The van der Waals surface area contributed by atoms with Gasteiger partial charge in [0.15, 0.2) is 11.5 Å². The molecule has 1 aromatic rings. The van der Waals surface area contributed by atoms with Crippen molar-refractivity contribution < 1.29 is 9.47 Å². The molecule has 1 atom stereocenters. The van der Waals surface area contributed by atoms with Crippen molar-refractivity contribution in [1.82, 2.24) is 10.2 Å². The maximum absolute atomic E-state index is 5.69. The zero-order valence-corrected chi connectivity index (χ0v) is 11.5. The van der Waals surface area contributed by atoms with Crippen LogP contribution in [0.5, 0.6) is 11.5 Å². The van der Waals surface area contributed by atoms with Gasteiger partial charge in [-0.1, -0.05) is 13.0 Å². The molecule has 3 rings (SSSR count). The zero-order valence-electron chi connectivity index (χ0n) is 11.5. The first kappa shape index (κ1) is 12.8. The lowest BCUT2D eigenvalue weighted by atomic mass is 10.0. The second-order valence-electron chi connectivity index (χ2n) is 5.11. The topological polar surface area (TPSA) is 33.7 Å². The lowest BCUT2D eigenvalue weighted by molar-refractivity contribution is 0.162. The normalized spacial score (nSPS) is 21.1. The van der Waals surface area contributed by atoms with Gasteiger partial charge in [-0.3, -0.25) is 4.90 Å². The molecule has 0 aromatic heterocycles. The number of rotatable bonds is 3. The first-order valence-corrected chi connectivity index (χ1v) is 7.23. The minimum absolute atomic E-state index is 0.484. The molecule has 1 saturated heterocycles. The van der Waals surface area contributed by atoms with E-state index in [1.54, 1.807) is 0 Å². The van der Waals surface area contributed by atoms with Gasteiger partial charge in [-0.25, -0.2) is 0 Å². The Kier molecular flexibility index (Phi) is 3.89. The van der Waals surface area contributed by atoms with Crippen LogP contribution >= 0.6 is 0 Å². The molecule has 4 heteroatoms. The van der Waals surface area contributed by atoms with Crippen molar-refractivity contribution in [3.05, 3.63) is 23.8 Å². The van der Waals surface area contributed by atoms with Crippen molar-refractivity contribution in [3.63, 3.8) is 0 Å². The fraction of sp³-hybridized carbons (Fsp3) is 0.600. The predicted molar refractivity (Wildman–Crippen MR) is 74.9 cm³/mol. The highest BCUT2D eigenvalue weighted by atomic mass is 16.6. The average molecular weight is 262 g/mol. The summed E-state index contributed by atoms with van der Waals surface area (Å²) in [4.78, 5) is 2.56. The number of fused-ring (bicyclic) bond motifs is 1. The molecule has 4 nitrogen and oxygen atoms in total. The van der Waals surface area contributed by atoms with E-state index in [2.05, 4.69) is 35.3 Å². The van der Waals surface area contributed by atoms with Crippen molar-refractivity contribution in [2.24, 2.45) is 0 Å². The minimum Gasteiger partial charge on any atom is -0.486 e. The number of nitrogens with one attached hydrogen (secondary N) is 1. The van der Waals surface area contributed by atoms with Crippen molar-refractivity contribution in [2.45, 2.75) is 19.4 Å². The van der Waals surface area contributed by atoms with Gasteiger partial charge >= 0.3 is 0 Å². The summed E-state index contributed by atoms with van der Waals surface area (Å²) in [6.07, 6.45) is 1.12. The molecule has 2 aliphatic rings. The highest BCUT2D eigenvalue weighted by Crippen LogP contribution is 2.35. The maximum atomic E-state index is 5.69. The van der Waals surface area contributed by atoms with Gasteiger partial charge in [0.05, 0.1) is 0 Å². The molecule has 0 bridgehead atoms. The highest BCUT2D eigenvalue weighted by Gasteiger charge is 2.22. The van der Waals surface area contributed by atoms with E-state index >= 15 is 0 Å². The Morgan fingerprint density at radius 3 is 2.63 bits per heavy atom. The first-order chi connectivity index (χ1) is 9.38. The van der Waals surface area contributed by atoms with Gasteiger partial charge in [0.1, 0.15) is 13.2 Å². The summed E-state index contributed by atoms with van der Waals surface area (Å²) in [5, 5.41) is 3.41. The summed E-state index contributed by atoms with van der Waals surface area (Å²) in [5.41, 5.74) is 1.34. The predicted octanol–water partition coefficient (Wildman–Crippen LogP) is 1.81. The molecule has 0 aliphatic carbocycles. The largest absolute Gasteiger partial charge is 0.486 e. The Labute approximate surface area is 114 Å². The lowest BCUT2D eigenvalue weighted by Gasteiger charge is -2.35. The number of nitrogens with zero attached hydrogens (tertiary/aromatic N) is 1. The van der Waals surface area contributed by atoms with Gasteiger partial charge in [0, 0.05) is 32.2 Å². The van der Waals surface area contributed by atoms with E-state index in [0.29, 0.717) is 19.3 Å². The van der Waals surface area contributed by atoms with E-state index in [0.717, 1.165) is 44.1 Å². The summed E-state index contributed by atoms with van der Waals surface area (Å²) >= 11 is 0. The van der Waals surface area contributed by atoms with Crippen LogP contribution in [0.15, 0.2) is 18.2 Å². The average Bonchev–Trinajstić information content (AvgIpc) is 2.49. The zero-order chi connectivity index (χ0) is 13.1. The van der Waals surface area contributed by atoms with Crippen LogP contribution in [0.1, 0.15) is 24.9 Å². The minimum atomic E-state index is 0.484. The monoisotopic (exact) mass is 262 g/mol. The Morgan fingerprint density at radius 2 is 1.89 bits per heavy atom. The molecule has 19 heavy (non-hydrogen) atoms. The number of ether oxygens (including phenoxy) is 2. The van der Waals surface area contributed by atoms with Crippen LogP contribution in [0, 0.1) is 0 Å². The van der Waals surface area contributed by atoms with Gasteiger partial charge in [-0.2, -0.15) is 0 Å². The van der Waals surface area contributed by atoms with Crippen molar-refractivity contribution in [1.29, 1.82) is 0 Å². The van der Waals surface area contributed by atoms with Crippen LogP contribution in [-0.2, 0) is 0 Å². The summed E-state index contributed by atoms with van der Waals surface area (Å²) in [6.45, 7) is 7.97. The van der Waals surface area contributed by atoms with Crippen molar-refractivity contribution >= 4 is 0 Å². The van der Waals surface area contributed by atoms with Crippen molar-refractivity contribution in [2.75, 3.05) is 39.4 Å². The van der Waals surface area contributed by atoms with Crippen LogP contribution in [0.2, 0.25) is 0 Å². The molecule has 0 amide bonds.